The lowest BCUT2D eigenvalue weighted by atomic mass is 10.1. The lowest BCUT2D eigenvalue weighted by molar-refractivity contribution is 0.358. The molecule has 0 radical (unpaired) electrons. The Labute approximate surface area is 118 Å². The van der Waals surface area contributed by atoms with Gasteiger partial charge in [0, 0.05) is 21.2 Å². The zero-order valence-electron chi connectivity index (χ0n) is 10.8. The Morgan fingerprint density at radius 2 is 1.67 bits per heavy atom. The van der Waals surface area contributed by atoms with Crippen LogP contribution in [0.1, 0.15) is 13.8 Å². The van der Waals surface area contributed by atoms with Crippen LogP contribution in [0.5, 0.6) is 0 Å². The van der Waals surface area contributed by atoms with Crippen molar-refractivity contribution in [1.82, 2.24) is 4.90 Å². The molecule has 18 heavy (non-hydrogen) atoms. The zero-order chi connectivity index (χ0) is 13.0. The lowest BCUT2D eigenvalue weighted by Gasteiger charge is -2.18. The zero-order valence-corrected chi connectivity index (χ0v) is 12.4. The molecule has 2 rings (SSSR count). The first-order valence-electron chi connectivity index (χ1n) is 6.28. The third-order valence-electron chi connectivity index (χ3n) is 3.13. The van der Waals surface area contributed by atoms with Crippen molar-refractivity contribution in [2.75, 3.05) is 19.0 Å². The SMILES string of the molecule is CCN(CC)CSc1ccc(Cl)c2ccccc12. The Morgan fingerprint density at radius 1 is 1.00 bits per heavy atom. The summed E-state index contributed by atoms with van der Waals surface area (Å²) >= 11 is 8.11. The number of fused-ring (bicyclic) bond motifs is 1. The number of rotatable bonds is 5. The summed E-state index contributed by atoms with van der Waals surface area (Å²) in [7, 11) is 0. The van der Waals surface area contributed by atoms with Gasteiger partial charge in [-0.05, 0) is 30.6 Å². The van der Waals surface area contributed by atoms with Gasteiger partial charge >= 0.3 is 0 Å². The van der Waals surface area contributed by atoms with Crippen LogP contribution in [0.4, 0.5) is 0 Å². The minimum absolute atomic E-state index is 0.831. The van der Waals surface area contributed by atoms with Crippen LogP contribution >= 0.6 is 23.4 Å². The van der Waals surface area contributed by atoms with Crippen LogP contribution in [0.25, 0.3) is 10.8 Å². The fraction of sp³-hybridized carbons (Fsp3) is 0.333. The molecular weight excluding hydrogens is 262 g/mol. The molecule has 96 valence electrons. The van der Waals surface area contributed by atoms with E-state index in [2.05, 4.69) is 43.0 Å². The van der Waals surface area contributed by atoms with E-state index in [1.807, 2.05) is 23.9 Å². The van der Waals surface area contributed by atoms with Crippen LogP contribution in [0.15, 0.2) is 41.3 Å². The molecule has 0 aliphatic heterocycles. The monoisotopic (exact) mass is 279 g/mol. The van der Waals surface area contributed by atoms with E-state index in [1.54, 1.807) is 0 Å². The minimum Gasteiger partial charge on any atom is -0.294 e. The van der Waals surface area contributed by atoms with Crippen molar-refractivity contribution < 1.29 is 0 Å². The molecule has 0 bridgehead atoms. The van der Waals surface area contributed by atoms with E-state index in [0.29, 0.717) is 0 Å². The second-order valence-electron chi connectivity index (χ2n) is 4.17. The van der Waals surface area contributed by atoms with E-state index in [0.717, 1.165) is 29.4 Å². The van der Waals surface area contributed by atoms with Gasteiger partial charge in [-0.2, -0.15) is 0 Å². The highest BCUT2D eigenvalue weighted by atomic mass is 35.5. The first-order valence-corrected chi connectivity index (χ1v) is 7.65. The van der Waals surface area contributed by atoms with Crippen LogP contribution in [0.2, 0.25) is 5.02 Å². The lowest BCUT2D eigenvalue weighted by Crippen LogP contribution is -2.21. The summed E-state index contributed by atoms with van der Waals surface area (Å²) in [6.45, 7) is 6.58. The Balaban J connectivity index is 2.26. The summed E-state index contributed by atoms with van der Waals surface area (Å²) in [5.74, 6) is 1.03. The quantitative estimate of drug-likeness (QED) is 0.567. The van der Waals surface area contributed by atoms with Gasteiger partial charge in [0.1, 0.15) is 0 Å². The summed E-state index contributed by atoms with van der Waals surface area (Å²) in [4.78, 5) is 3.72. The largest absolute Gasteiger partial charge is 0.294 e. The van der Waals surface area contributed by atoms with Crippen LogP contribution in [0, 0.1) is 0 Å². The molecule has 0 heterocycles. The molecule has 1 nitrogen and oxygen atoms in total. The van der Waals surface area contributed by atoms with Gasteiger partial charge in [0.05, 0.1) is 0 Å². The number of benzene rings is 2. The van der Waals surface area contributed by atoms with E-state index >= 15 is 0 Å². The maximum atomic E-state index is 6.23. The Bertz CT molecular complexity index is 523. The molecule has 0 atom stereocenters. The average Bonchev–Trinajstić information content (AvgIpc) is 2.42. The molecule has 0 aromatic heterocycles. The van der Waals surface area contributed by atoms with Gasteiger partial charge in [-0.25, -0.2) is 0 Å². The minimum atomic E-state index is 0.831. The van der Waals surface area contributed by atoms with E-state index in [9.17, 15) is 0 Å². The first-order chi connectivity index (χ1) is 8.76. The van der Waals surface area contributed by atoms with Gasteiger partial charge in [-0.1, -0.05) is 49.7 Å². The summed E-state index contributed by atoms with van der Waals surface area (Å²) in [6.07, 6.45) is 0. The molecule has 0 unspecified atom stereocenters. The van der Waals surface area contributed by atoms with Gasteiger partial charge in [0.2, 0.25) is 0 Å². The molecule has 0 amide bonds. The highest BCUT2D eigenvalue weighted by Crippen LogP contribution is 2.32. The standard InChI is InChI=1S/C15H18ClNS/c1-3-17(4-2)11-18-15-10-9-14(16)12-7-5-6-8-13(12)15/h5-10H,3-4,11H2,1-2H3. The number of nitrogens with zero attached hydrogens (tertiary/aromatic N) is 1. The predicted octanol–water partition coefficient (Wildman–Crippen LogP) is 4.88. The summed E-state index contributed by atoms with van der Waals surface area (Å²) in [5, 5.41) is 3.23. The maximum Gasteiger partial charge on any atom is 0.0491 e. The predicted molar refractivity (Wildman–Crippen MR) is 82.6 cm³/mol. The molecule has 0 saturated carbocycles. The third kappa shape index (κ3) is 3.00. The van der Waals surface area contributed by atoms with Crippen molar-refractivity contribution >= 4 is 34.1 Å². The van der Waals surface area contributed by atoms with Crippen LogP contribution in [-0.4, -0.2) is 23.9 Å². The first kappa shape index (κ1) is 13.7. The van der Waals surface area contributed by atoms with E-state index in [4.69, 9.17) is 11.6 Å². The van der Waals surface area contributed by atoms with Gasteiger partial charge < -0.3 is 0 Å². The number of hydrogen-bond donors (Lipinski definition) is 0. The summed E-state index contributed by atoms with van der Waals surface area (Å²) in [6, 6.07) is 12.4. The molecule has 0 saturated heterocycles. The van der Waals surface area contributed by atoms with Gasteiger partial charge in [-0.3, -0.25) is 4.90 Å². The van der Waals surface area contributed by atoms with E-state index < -0.39 is 0 Å². The summed E-state index contributed by atoms with van der Waals surface area (Å²) in [5.41, 5.74) is 0. The van der Waals surface area contributed by atoms with Gasteiger partial charge in [-0.15, -0.1) is 11.8 Å². The highest BCUT2D eigenvalue weighted by molar-refractivity contribution is 7.99. The van der Waals surface area contributed by atoms with Gasteiger partial charge in [0.25, 0.3) is 0 Å². The fourth-order valence-corrected chi connectivity index (χ4v) is 3.34. The Morgan fingerprint density at radius 3 is 2.33 bits per heavy atom. The molecule has 0 aliphatic rings. The normalized spacial score (nSPS) is 11.3. The van der Waals surface area contributed by atoms with Gasteiger partial charge in [0.15, 0.2) is 0 Å². The van der Waals surface area contributed by atoms with Crippen molar-refractivity contribution in [2.45, 2.75) is 18.7 Å². The molecule has 0 fully saturated rings. The molecular formula is C15H18ClNS. The molecule has 0 aliphatic carbocycles. The smallest absolute Gasteiger partial charge is 0.0491 e. The van der Waals surface area contributed by atoms with Crippen molar-refractivity contribution in [3.8, 4) is 0 Å². The Kier molecular flexibility index (Phi) is 4.93. The molecule has 3 heteroatoms. The van der Waals surface area contributed by atoms with Crippen LogP contribution in [0.3, 0.4) is 0 Å². The number of hydrogen-bond acceptors (Lipinski definition) is 2. The van der Waals surface area contributed by atoms with Crippen molar-refractivity contribution in [3.63, 3.8) is 0 Å². The maximum absolute atomic E-state index is 6.23. The number of halogens is 1. The van der Waals surface area contributed by atoms with Crippen LogP contribution < -0.4 is 0 Å². The van der Waals surface area contributed by atoms with Crippen molar-refractivity contribution in [3.05, 3.63) is 41.4 Å². The van der Waals surface area contributed by atoms with Crippen molar-refractivity contribution in [2.24, 2.45) is 0 Å². The topological polar surface area (TPSA) is 3.24 Å². The second-order valence-corrected chi connectivity index (χ2v) is 5.56. The van der Waals surface area contributed by atoms with Crippen LogP contribution in [-0.2, 0) is 0 Å². The second kappa shape index (κ2) is 6.46. The molecule has 0 N–H and O–H groups in total. The summed E-state index contributed by atoms with van der Waals surface area (Å²) < 4.78 is 0. The Hall–Kier alpha value is -0.700. The molecule has 2 aromatic rings. The van der Waals surface area contributed by atoms with E-state index in [1.165, 1.54) is 10.3 Å². The van der Waals surface area contributed by atoms with Crippen molar-refractivity contribution in [1.29, 1.82) is 0 Å². The molecule has 2 aromatic carbocycles. The fourth-order valence-electron chi connectivity index (χ4n) is 1.93. The third-order valence-corrected chi connectivity index (χ3v) is 4.62. The molecule has 0 spiro atoms. The highest BCUT2D eigenvalue weighted by Gasteiger charge is 2.06. The average molecular weight is 280 g/mol. The number of thioether (sulfide) groups is 1. The van der Waals surface area contributed by atoms with E-state index in [-0.39, 0.29) is 0 Å².